The molecule has 0 aromatic heterocycles. The van der Waals surface area contributed by atoms with E-state index in [1.807, 2.05) is 0 Å². The van der Waals surface area contributed by atoms with E-state index in [4.69, 9.17) is 27.7 Å². The second kappa shape index (κ2) is 10.0. The number of nitrogens with one attached hydrogen (secondary N) is 1. The molecule has 6 nitrogen and oxygen atoms in total. The zero-order valence-corrected chi connectivity index (χ0v) is 12.9. The van der Waals surface area contributed by atoms with Crippen LogP contribution in [-0.4, -0.2) is 55.8 Å². The van der Waals surface area contributed by atoms with Gasteiger partial charge in [-0.15, -0.1) is 23.2 Å². The summed E-state index contributed by atoms with van der Waals surface area (Å²) >= 11 is 11.3. The van der Waals surface area contributed by atoms with Crippen molar-refractivity contribution in [3.63, 3.8) is 0 Å². The van der Waals surface area contributed by atoms with Crippen molar-refractivity contribution in [3.8, 4) is 0 Å². The largest absolute Gasteiger partial charge is 0.468 e. The van der Waals surface area contributed by atoms with E-state index in [1.165, 1.54) is 11.8 Å². The highest BCUT2D eigenvalue weighted by atomic mass is 35.5. The number of hydrogen-bond donors (Lipinski definition) is 1. The number of nitrogens with zero attached hydrogens (tertiary/aromatic N) is 1. The predicted octanol–water partition coefficient (Wildman–Crippen LogP) is 1.67. The van der Waals surface area contributed by atoms with Crippen molar-refractivity contribution in [1.82, 2.24) is 9.76 Å². The average Bonchev–Trinajstić information content (AvgIpc) is 2.36. The minimum Gasteiger partial charge on any atom is -0.468 e. The second-order valence-corrected chi connectivity index (χ2v) is 6.12. The molecule has 0 bridgehead atoms. The molecule has 0 aromatic carbocycles. The maximum Gasteiger partial charge on any atom is 0.344 e. The predicted molar refractivity (Wildman–Crippen MR) is 72.3 cm³/mol. The van der Waals surface area contributed by atoms with Gasteiger partial charge in [-0.2, -0.15) is 0 Å². The number of ether oxygens (including phenoxy) is 1. The lowest BCUT2D eigenvalue weighted by atomic mass is 10.6. The molecule has 1 atom stereocenters. The third kappa shape index (κ3) is 6.36. The van der Waals surface area contributed by atoms with Crippen LogP contribution in [0.1, 0.15) is 6.92 Å². The van der Waals surface area contributed by atoms with Gasteiger partial charge in [0.25, 0.3) is 0 Å². The molecule has 0 saturated heterocycles. The van der Waals surface area contributed by atoms with Gasteiger partial charge in [-0.1, -0.05) is 0 Å². The minimum absolute atomic E-state index is 0.200. The Hall–Kier alpha value is 0.160. The number of alkyl halides is 2. The van der Waals surface area contributed by atoms with E-state index in [9.17, 15) is 9.36 Å². The van der Waals surface area contributed by atoms with Crippen LogP contribution in [-0.2, 0) is 18.6 Å². The SMILES string of the molecule is CCOP(=O)(NCC(=O)OC)N(CCCl)CCCl. The lowest BCUT2D eigenvalue weighted by Crippen LogP contribution is -2.35. The summed E-state index contributed by atoms with van der Waals surface area (Å²) in [5.41, 5.74) is 0. The maximum absolute atomic E-state index is 12.6. The van der Waals surface area contributed by atoms with Gasteiger partial charge in [0.05, 0.1) is 13.7 Å². The number of methoxy groups -OCH3 is 1. The van der Waals surface area contributed by atoms with Crippen molar-refractivity contribution in [2.24, 2.45) is 0 Å². The fourth-order valence-corrected chi connectivity index (χ4v) is 3.71. The normalized spacial score (nSPS) is 14.5. The van der Waals surface area contributed by atoms with Gasteiger partial charge in [-0.3, -0.25) is 9.36 Å². The molecular formula is C9H19Cl2N2O4P. The van der Waals surface area contributed by atoms with Crippen molar-refractivity contribution in [1.29, 1.82) is 0 Å². The summed E-state index contributed by atoms with van der Waals surface area (Å²) < 4.78 is 23.8. The summed E-state index contributed by atoms with van der Waals surface area (Å²) in [6.07, 6.45) is 0. The van der Waals surface area contributed by atoms with Crippen molar-refractivity contribution in [2.75, 3.05) is 45.1 Å². The molecule has 1 N–H and O–H groups in total. The van der Waals surface area contributed by atoms with Crippen molar-refractivity contribution in [3.05, 3.63) is 0 Å². The zero-order chi connectivity index (χ0) is 14.0. The van der Waals surface area contributed by atoms with Crippen LogP contribution >= 0.6 is 30.9 Å². The van der Waals surface area contributed by atoms with Crippen LogP contribution in [0.2, 0.25) is 0 Å². The van der Waals surface area contributed by atoms with E-state index < -0.39 is 13.6 Å². The highest BCUT2D eigenvalue weighted by Gasteiger charge is 2.31. The van der Waals surface area contributed by atoms with Crippen molar-refractivity contribution in [2.45, 2.75) is 6.92 Å². The summed E-state index contributed by atoms with van der Waals surface area (Å²) in [6.45, 7) is 2.45. The molecule has 0 aromatic rings. The quantitative estimate of drug-likeness (QED) is 0.375. The van der Waals surface area contributed by atoms with Gasteiger partial charge in [-0.25, -0.2) is 9.76 Å². The molecule has 0 fully saturated rings. The Morgan fingerprint density at radius 3 is 2.28 bits per heavy atom. The molecular weight excluding hydrogens is 302 g/mol. The smallest absolute Gasteiger partial charge is 0.344 e. The van der Waals surface area contributed by atoms with Gasteiger partial charge in [0.1, 0.15) is 6.54 Å². The highest BCUT2D eigenvalue weighted by Crippen LogP contribution is 2.46. The molecule has 0 saturated carbocycles. The number of carbonyl (C=O) groups excluding carboxylic acids is 1. The topological polar surface area (TPSA) is 67.9 Å². The van der Waals surface area contributed by atoms with Crippen LogP contribution in [0.5, 0.6) is 0 Å². The number of esters is 1. The van der Waals surface area contributed by atoms with Crippen LogP contribution in [0.15, 0.2) is 0 Å². The van der Waals surface area contributed by atoms with E-state index in [0.717, 1.165) is 0 Å². The molecule has 0 aliphatic carbocycles. The fourth-order valence-electron chi connectivity index (χ4n) is 1.21. The fraction of sp³-hybridized carbons (Fsp3) is 0.889. The van der Waals surface area contributed by atoms with Crippen LogP contribution in [0, 0.1) is 0 Å². The van der Waals surface area contributed by atoms with Gasteiger partial charge in [-0.05, 0) is 6.92 Å². The summed E-state index contributed by atoms with van der Waals surface area (Å²) in [6, 6.07) is 0. The van der Waals surface area contributed by atoms with Gasteiger partial charge >= 0.3 is 13.6 Å². The molecule has 0 heterocycles. The number of hydrogen-bond acceptors (Lipinski definition) is 4. The Balaban J connectivity index is 4.72. The molecule has 1 unspecified atom stereocenters. The molecule has 0 aliphatic heterocycles. The number of halogens is 2. The lowest BCUT2D eigenvalue weighted by Gasteiger charge is -2.29. The monoisotopic (exact) mass is 320 g/mol. The first kappa shape index (κ1) is 18.2. The first-order valence-corrected chi connectivity index (χ1v) is 8.12. The first-order chi connectivity index (χ1) is 8.53. The summed E-state index contributed by atoms with van der Waals surface area (Å²) in [7, 11) is -2.06. The van der Waals surface area contributed by atoms with Crippen molar-refractivity contribution >= 4 is 36.8 Å². The molecule has 0 amide bonds. The highest BCUT2D eigenvalue weighted by molar-refractivity contribution is 7.54. The molecule has 108 valence electrons. The van der Waals surface area contributed by atoms with Crippen LogP contribution in [0.3, 0.4) is 0 Å². The first-order valence-electron chi connectivity index (χ1n) is 5.48. The number of carbonyl (C=O) groups is 1. The van der Waals surface area contributed by atoms with E-state index >= 15 is 0 Å². The van der Waals surface area contributed by atoms with Gasteiger partial charge in [0, 0.05) is 24.8 Å². The van der Waals surface area contributed by atoms with E-state index in [2.05, 4.69) is 9.82 Å². The summed E-state index contributed by atoms with van der Waals surface area (Å²) in [5, 5.41) is 2.58. The molecule has 0 aliphatic rings. The van der Waals surface area contributed by atoms with Crippen LogP contribution in [0.4, 0.5) is 0 Å². The Kier molecular flexibility index (Phi) is 10.1. The van der Waals surface area contributed by atoms with Gasteiger partial charge in [0.15, 0.2) is 0 Å². The molecule has 18 heavy (non-hydrogen) atoms. The molecule has 0 radical (unpaired) electrons. The standard InChI is InChI=1S/C9H19Cl2N2O4P/c1-3-17-18(15,12-8-9(14)16-2)13(6-4-10)7-5-11/h3-8H2,1-2H3,(H,12,15). The summed E-state index contributed by atoms with van der Waals surface area (Å²) in [4.78, 5) is 11.1. The molecule has 0 spiro atoms. The van der Waals surface area contributed by atoms with E-state index in [0.29, 0.717) is 13.1 Å². The summed E-state index contributed by atoms with van der Waals surface area (Å²) in [5.74, 6) is 0.0495. The van der Waals surface area contributed by atoms with Gasteiger partial charge in [0.2, 0.25) is 0 Å². The Morgan fingerprint density at radius 2 is 1.89 bits per heavy atom. The Labute approximate surface area is 117 Å². The van der Waals surface area contributed by atoms with E-state index in [-0.39, 0.29) is 24.9 Å². The van der Waals surface area contributed by atoms with Crippen LogP contribution in [0.25, 0.3) is 0 Å². The average molecular weight is 321 g/mol. The minimum atomic E-state index is -3.32. The Bertz CT molecular complexity index is 288. The molecule has 9 heteroatoms. The molecule has 0 rings (SSSR count). The van der Waals surface area contributed by atoms with Crippen LogP contribution < -0.4 is 5.09 Å². The van der Waals surface area contributed by atoms with Crippen molar-refractivity contribution < 1.29 is 18.6 Å². The third-order valence-electron chi connectivity index (χ3n) is 2.01. The lowest BCUT2D eigenvalue weighted by molar-refractivity contribution is -0.139. The number of rotatable bonds is 10. The third-order valence-corrected chi connectivity index (χ3v) is 4.66. The van der Waals surface area contributed by atoms with Gasteiger partial charge < -0.3 is 9.26 Å². The Morgan fingerprint density at radius 1 is 1.33 bits per heavy atom. The second-order valence-electron chi connectivity index (χ2n) is 3.18. The van der Waals surface area contributed by atoms with E-state index in [1.54, 1.807) is 6.92 Å². The maximum atomic E-state index is 12.6. The zero-order valence-electron chi connectivity index (χ0n) is 10.5.